The van der Waals surface area contributed by atoms with Crippen molar-refractivity contribution in [2.75, 3.05) is 20.8 Å². The fourth-order valence-electron chi connectivity index (χ4n) is 2.75. The Hall–Kier alpha value is -3.01. The zero-order valence-corrected chi connectivity index (χ0v) is 16.2. The monoisotopic (exact) mass is 363 g/mol. The first-order valence-electron chi connectivity index (χ1n) is 9.03. The number of ether oxygens (including phenoxy) is 3. The molecule has 1 aromatic heterocycles. The average molecular weight is 363 g/mol. The number of benzene rings is 2. The first kappa shape index (κ1) is 18.8. The zero-order valence-electron chi connectivity index (χ0n) is 16.2. The van der Waals surface area contributed by atoms with Crippen LogP contribution in [0.5, 0.6) is 17.4 Å². The Labute approximate surface area is 160 Å². The highest BCUT2D eigenvalue weighted by molar-refractivity contribution is 5.81. The van der Waals surface area contributed by atoms with E-state index in [-0.39, 0.29) is 0 Å². The molecule has 4 heteroatoms. The summed E-state index contributed by atoms with van der Waals surface area (Å²) >= 11 is 0. The minimum atomic E-state index is 0.442. The van der Waals surface area contributed by atoms with Crippen LogP contribution in [0.15, 0.2) is 60.7 Å². The Balaban J connectivity index is 2.04. The van der Waals surface area contributed by atoms with Gasteiger partial charge in [0.1, 0.15) is 11.5 Å². The van der Waals surface area contributed by atoms with E-state index in [1.54, 1.807) is 14.2 Å². The van der Waals surface area contributed by atoms with Crippen molar-refractivity contribution in [3.63, 3.8) is 0 Å². The van der Waals surface area contributed by atoms with Crippen LogP contribution in [0.25, 0.3) is 22.4 Å². The van der Waals surface area contributed by atoms with E-state index in [1.165, 1.54) is 0 Å². The molecule has 4 nitrogen and oxygen atoms in total. The minimum absolute atomic E-state index is 0.442. The van der Waals surface area contributed by atoms with Crippen molar-refractivity contribution < 1.29 is 14.2 Å². The molecule has 3 aromatic rings. The topological polar surface area (TPSA) is 40.6 Å². The zero-order chi connectivity index (χ0) is 19.2. The number of hydrogen-bond acceptors (Lipinski definition) is 4. The molecule has 0 spiro atoms. The molecule has 0 saturated heterocycles. The second-order valence-corrected chi connectivity index (χ2v) is 6.71. The largest absolute Gasteiger partial charge is 0.497 e. The van der Waals surface area contributed by atoms with Crippen LogP contribution in [0, 0.1) is 5.92 Å². The van der Waals surface area contributed by atoms with Gasteiger partial charge >= 0.3 is 0 Å². The number of aromatic nitrogens is 1. The lowest BCUT2D eigenvalue weighted by molar-refractivity contribution is 0.261. The van der Waals surface area contributed by atoms with Crippen molar-refractivity contribution in [2.45, 2.75) is 13.8 Å². The highest BCUT2D eigenvalue weighted by atomic mass is 16.5. The standard InChI is InChI=1S/C23H25NO3/c1-16(2)15-27-22-14-13-21(17-5-9-19(25-3)10-6-17)23(24-22)18-7-11-20(26-4)12-8-18/h5-14,16H,15H2,1-4H3. The lowest BCUT2D eigenvalue weighted by Gasteiger charge is -2.14. The van der Waals surface area contributed by atoms with Crippen molar-refractivity contribution >= 4 is 0 Å². The third-order valence-corrected chi connectivity index (χ3v) is 4.20. The summed E-state index contributed by atoms with van der Waals surface area (Å²) in [5.74, 6) is 2.72. The van der Waals surface area contributed by atoms with E-state index in [4.69, 9.17) is 19.2 Å². The van der Waals surface area contributed by atoms with E-state index >= 15 is 0 Å². The van der Waals surface area contributed by atoms with E-state index in [2.05, 4.69) is 19.9 Å². The van der Waals surface area contributed by atoms with Crippen LogP contribution in [-0.2, 0) is 0 Å². The first-order chi connectivity index (χ1) is 13.1. The van der Waals surface area contributed by atoms with E-state index in [0.717, 1.165) is 33.9 Å². The van der Waals surface area contributed by atoms with Gasteiger partial charge in [0.05, 0.1) is 26.5 Å². The summed E-state index contributed by atoms with van der Waals surface area (Å²) < 4.78 is 16.4. The summed E-state index contributed by atoms with van der Waals surface area (Å²) in [7, 11) is 3.33. The van der Waals surface area contributed by atoms with Gasteiger partial charge in [-0.25, -0.2) is 4.98 Å². The number of hydrogen-bond donors (Lipinski definition) is 0. The molecule has 0 unspecified atom stereocenters. The maximum absolute atomic E-state index is 5.85. The number of rotatable bonds is 7. The summed E-state index contributed by atoms with van der Waals surface area (Å²) in [6.07, 6.45) is 0. The maximum atomic E-state index is 5.85. The van der Waals surface area contributed by atoms with Crippen LogP contribution in [0.2, 0.25) is 0 Å². The first-order valence-corrected chi connectivity index (χ1v) is 9.03. The average Bonchev–Trinajstić information content (AvgIpc) is 2.72. The SMILES string of the molecule is COc1ccc(-c2ccc(OCC(C)C)nc2-c2ccc(OC)cc2)cc1. The van der Waals surface area contributed by atoms with Crippen LogP contribution in [0.4, 0.5) is 0 Å². The summed E-state index contributed by atoms with van der Waals surface area (Å²) in [5, 5.41) is 0. The summed E-state index contributed by atoms with van der Waals surface area (Å²) in [6.45, 7) is 4.88. The molecule has 0 bridgehead atoms. The Bertz CT molecular complexity index is 871. The highest BCUT2D eigenvalue weighted by Gasteiger charge is 2.12. The molecule has 0 aliphatic carbocycles. The van der Waals surface area contributed by atoms with Gasteiger partial charge in [0, 0.05) is 17.2 Å². The minimum Gasteiger partial charge on any atom is -0.497 e. The molecule has 0 amide bonds. The maximum Gasteiger partial charge on any atom is 0.213 e. The van der Waals surface area contributed by atoms with Gasteiger partial charge < -0.3 is 14.2 Å². The summed E-state index contributed by atoms with van der Waals surface area (Å²) in [5.41, 5.74) is 4.00. The molecule has 3 rings (SSSR count). The fraction of sp³-hybridized carbons (Fsp3) is 0.261. The molecule has 140 valence electrons. The molecule has 0 N–H and O–H groups in total. The van der Waals surface area contributed by atoms with Gasteiger partial charge in [-0.15, -0.1) is 0 Å². The Morgan fingerprint density at radius 2 is 1.30 bits per heavy atom. The predicted molar refractivity (Wildman–Crippen MR) is 109 cm³/mol. The second-order valence-electron chi connectivity index (χ2n) is 6.71. The van der Waals surface area contributed by atoms with Crippen LogP contribution >= 0.6 is 0 Å². The normalized spacial score (nSPS) is 10.7. The van der Waals surface area contributed by atoms with Crippen LogP contribution in [0.1, 0.15) is 13.8 Å². The Morgan fingerprint density at radius 3 is 1.81 bits per heavy atom. The molecule has 0 aliphatic rings. The number of methoxy groups -OCH3 is 2. The van der Waals surface area contributed by atoms with Gasteiger partial charge in [-0.1, -0.05) is 26.0 Å². The van der Waals surface area contributed by atoms with Gasteiger partial charge in [0.2, 0.25) is 5.88 Å². The summed E-state index contributed by atoms with van der Waals surface area (Å²) in [4.78, 5) is 4.80. The van der Waals surface area contributed by atoms with Crippen molar-refractivity contribution in [1.82, 2.24) is 4.98 Å². The van der Waals surface area contributed by atoms with Crippen molar-refractivity contribution in [3.8, 4) is 39.8 Å². The van der Waals surface area contributed by atoms with Gasteiger partial charge in [-0.3, -0.25) is 0 Å². The molecule has 0 saturated carbocycles. The molecule has 2 aromatic carbocycles. The van der Waals surface area contributed by atoms with Gasteiger partial charge in [0.25, 0.3) is 0 Å². The molecular weight excluding hydrogens is 338 g/mol. The number of nitrogens with zero attached hydrogens (tertiary/aromatic N) is 1. The van der Waals surface area contributed by atoms with E-state index in [9.17, 15) is 0 Å². The lowest BCUT2D eigenvalue weighted by Crippen LogP contribution is -2.06. The molecule has 0 atom stereocenters. The van der Waals surface area contributed by atoms with Gasteiger partial charge in [0.15, 0.2) is 0 Å². The lowest BCUT2D eigenvalue weighted by atomic mass is 9.99. The van der Waals surface area contributed by atoms with Crippen molar-refractivity contribution in [1.29, 1.82) is 0 Å². The van der Waals surface area contributed by atoms with Crippen LogP contribution in [-0.4, -0.2) is 25.8 Å². The van der Waals surface area contributed by atoms with E-state index in [0.29, 0.717) is 18.4 Å². The highest BCUT2D eigenvalue weighted by Crippen LogP contribution is 2.34. The Kier molecular flexibility index (Phi) is 5.97. The quantitative estimate of drug-likeness (QED) is 0.558. The molecule has 0 aliphatic heterocycles. The molecule has 0 fully saturated rings. The molecular formula is C23H25NO3. The number of pyridine rings is 1. The second kappa shape index (κ2) is 8.58. The smallest absolute Gasteiger partial charge is 0.213 e. The van der Waals surface area contributed by atoms with Crippen LogP contribution in [0.3, 0.4) is 0 Å². The van der Waals surface area contributed by atoms with Crippen molar-refractivity contribution in [2.24, 2.45) is 5.92 Å². The predicted octanol–water partition coefficient (Wildman–Crippen LogP) is 5.47. The third-order valence-electron chi connectivity index (χ3n) is 4.20. The van der Waals surface area contributed by atoms with Crippen molar-refractivity contribution in [3.05, 3.63) is 60.7 Å². The summed E-state index contributed by atoms with van der Waals surface area (Å²) in [6, 6.07) is 19.9. The van der Waals surface area contributed by atoms with E-state index in [1.807, 2.05) is 54.6 Å². The van der Waals surface area contributed by atoms with Crippen LogP contribution < -0.4 is 14.2 Å². The molecule has 0 radical (unpaired) electrons. The molecule has 1 heterocycles. The fourth-order valence-corrected chi connectivity index (χ4v) is 2.75. The van der Waals surface area contributed by atoms with Gasteiger partial charge in [-0.05, 0) is 53.9 Å². The van der Waals surface area contributed by atoms with E-state index < -0.39 is 0 Å². The van der Waals surface area contributed by atoms with Gasteiger partial charge in [-0.2, -0.15) is 0 Å². The molecule has 27 heavy (non-hydrogen) atoms. The Morgan fingerprint density at radius 1 is 0.741 bits per heavy atom. The third kappa shape index (κ3) is 4.59.